The molecule has 0 bridgehead atoms. The quantitative estimate of drug-likeness (QED) is 0.445. The second-order valence-electron chi connectivity index (χ2n) is 11.2. The van der Waals surface area contributed by atoms with E-state index in [-0.39, 0.29) is 35.6 Å². The summed E-state index contributed by atoms with van der Waals surface area (Å²) in [5, 5.41) is 0. The molecule has 0 aromatic heterocycles. The number of halogens is 2. The molecule has 0 aliphatic heterocycles. The first-order valence-electron chi connectivity index (χ1n) is 11.2. The maximum atomic E-state index is 2.55. The Labute approximate surface area is 218 Å². The Hall–Kier alpha value is -0.760. The molecule has 0 N–H and O–H groups in total. The average Bonchev–Trinajstić information content (AvgIpc) is 3.26. The summed E-state index contributed by atoms with van der Waals surface area (Å²) in [6.45, 7) is 18.9. The van der Waals surface area contributed by atoms with Crippen LogP contribution in [-0.4, -0.2) is 3.26 Å². The van der Waals surface area contributed by atoms with E-state index in [0.29, 0.717) is 3.67 Å². The van der Waals surface area contributed by atoms with Gasteiger partial charge in [0.05, 0.1) is 0 Å². The van der Waals surface area contributed by atoms with Gasteiger partial charge in [-0.25, -0.2) is 0 Å². The molecule has 1 atom stereocenters. The van der Waals surface area contributed by atoms with Crippen molar-refractivity contribution in [2.45, 2.75) is 76.3 Å². The minimum Gasteiger partial charge on any atom is -1.00 e. The zero-order valence-electron chi connectivity index (χ0n) is 20.7. The topological polar surface area (TPSA) is 0 Å². The van der Waals surface area contributed by atoms with E-state index in [1.807, 2.05) is 0 Å². The van der Waals surface area contributed by atoms with Crippen LogP contribution in [0.5, 0.6) is 0 Å². The van der Waals surface area contributed by atoms with Crippen LogP contribution in [0.3, 0.4) is 0 Å². The number of hydrogen-bond donors (Lipinski definition) is 0. The number of allylic oxidation sites excluding steroid dienone is 4. The van der Waals surface area contributed by atoms with Gasteiger partial charge >= 0.3 is 195 Å². The van der Waals surface area contributed by atoms with Gasteiger partial charge in [-0.05, 0) is 0 Å². The first kappa shape index (κ1) is 27.5. The molecule has 2 aliphatic carbocycles. The smallest absolute Gasteiger partial charge is 1.00 e. The maximum absolute atomic E-state index is 2.55. The van der Waals surface area contributed by atoms with E-state index in [1.54, 1.807) is 19.9 Å². The van der Waals surface area contributed by atoms with E-state index in [9.17, 15) is 0 Å². The van der Waals surface area contributed by atoms with Crippen LogP contribution in [-0.2, 0) is 33.3 Å². The molecule has 1 unspecified atom stereocenters. The number of fused-ring (bicyclic) bond motifs is 3. The molecular formula is C29H35Cl2Hf. The van der Waals surface area contributed by atoms with E-state index in [1.165, 1.54) is 27.8 Å². The molecule has 2 aromatic rings. The Balaban J connectivity index is 0.00000181. The van der Waals surface area contributed by atoms with Crippen LogP contribution in [0.4, 0.5) is 0 Å². The average molecular weight is 633 g/mol. The molecule has 0 spiro atoms. The van der Waals surface area contributed by atoms with E-state index < -0.39 is 22.4 Å². The Morgan fingerprint density at radius 3 is 2.06 bits per heavy atom. The van der Waals surface area contributed by atoms with Gasteiger partial charge in [0, 0.05) is 0 Å². The number of benzene rings is 2. The van der Waals surface area contributed by atoms with Crippen molar-refractivity contribution in [3.63, 3.8) is 0 Å². The Morgan fingerprint density at radius 2 is 1.53 bits per heavy atom. The van der Waals surface area contributed by atoms with E-state index in [0.717, 1.165) is 6.42 Å². The van der Waals surface area contributed by atoms with Gasteiger partial charge in [0.2, 0.25) is 0 Å². The molecule has 169 valence electrons. The summed E-state index contributed by atoms with van der Waals surface area (Å²) < 4.78 is 2.34. The van der Waals surface area contributed by atoms with Crippen molar-refractivity contribution >= 4 is 8.83 Å². The van der Waals surface area contributed by atoms with Crippen molar-refractivity contribution in [1.82, 2.24) is 0 Å². The fraction of sp³-hybridized carbons (Fsp3) is 0.414. The third-order valence-corrected chi connectivity index (χ3v) is 11.7. The number of hydrogen-bond acceptors (Lipinski definition) is 0. The predicted molar refractivity (Wildman–Crippen MR) is 129 cm³/mol. The van der Waals surface area contributed by atoms with Crippen molar-refractivity contribution < 1.29 is 47.2 Å². The summed E-state index contributed by atoms with van der Waals surface area (Å²) >= 11 is -0.999. The summed E-state index contributed by atoms with van der Waals surface area (Å²) in [7, 11) is 0. The van der Waals surface area contributed by atoms with Crippen LogP contribution in [0.25, 0.3) is 16.7 Å². The van der Waals surface area contributed by atoms with Gasteiger partial charge in [-0.15, -0.1) is 0 Å². The van der Waals surface area contributed by atoms with Crippen molar-refractivity contribution in [1.29, 1.82) is 0 Å². The van der Waals surface area contributed by atoms with E-state index >= 15 is 0 Å². The van der Waals surface area contributed by atoms with Gasteiger partial charge in [-0.3, -0.25) is 0 Å². The van der Waals surface area contributed by atoms with Gasteiger partial charge < -0.3 is 24.8 Å². The molecule has 3 heteroatoms. The molecule has 0 amide bonds. The minimum absolute atomic E-state index is 0. The third kappa shape index (κ3) is 5.01. The summed E-state index contributed by atoms with van der Waals surface area (Å²) in [5.74, 6) is 0. The van der Waals surface area contributed by atoms with Crippen LogP contribution >= 0.6 is 0 Å². The molecule has 2 aromatic carbocycles. The zero-order chi connectivity index (χ0) is 21.8. The van der Waals surface area contributed by atoms with Crippen molar-refractivity contribution in [2.24, 2.45) is 0 Å². The molecule has 0 radical (unpaired) electrons. The largest absolute Gasteiger partial charge is 1.00 e. The minimum atomic E-state index is -0.999. The molecule has 0 fully saturated rings. The van der Waals surface area contributed by atoms with Crippen molar-refractivity contribution in [3.05, 3.63) is 76.4 Å². The van der Waals surface area contributed by atoms with Crippen molar-refractivity contribution in [3.8, 4) is 11.1 Å². The fourth-order valence-electron chi connectivity index (χ4n) is 4.87. The SMILES string of the molecule is C[C](C)=[Hf+2][CH]1c2cc(C(C)(C)C)ccc2-c2ccc(C(C)(C)C)c(C3=CC=CC3)c21.[Cl-].[Cl-]. The first-order valence-corrected chi connectivity index (χ1v) is 15.1. The zero-order valence-corrected chi connectivity index (χ0v) is 25.8. The van der Waals surface area contributed by atoms with E-state index in [2.05, 4.69) is 104 Å². The molecule has 4 rings (SSSR count). The van der Waals surface area contributed by atoms with Crippen LogP contribution < -0.4 is 24.8 Å². The Bertz CT molecular complexity index is 1100. The standard InChI is InChI=1S/C26H29.C3H6.2ClH.Hf/c1-25(2,3)19-11-12-20-18(15-19)16-22-21(20)13-14-23(26(4,5)6)24(22)17-9-7-8-10-17;1-3-2;;;/h7-9,11-16H,10H2,1-6H3;1-2H3;2*1H;/q;;;;+2/p-2. The van der Waals surface area contributed by atoms with Crippen LogP contribution in [0.1, 0.15) is 93.3 Å². The summed E-state index contributed by atoms with van der Waals surface area (Å²) in [6.07, 6.45) is 7.99. The number of rotatable bonds is 2. The molecular weight excluding hydrogens is 598 g/mol. The third-order valence-electron chi connectivity index (χ3n) is 6.39. The predicted octanol–water partition coefficient (Wildman–Crippen LogP) is 2.00. The maximum Gasteiger partial charge on any atom is -1.00 e. The van der Waals surface area contributed by atoms with Gasteiger partial charge in [-0.2, -0.15) is 0 Å². The molecule has 32 heavy (non-hydrogen) atoms. The van der Waals surface area contributed by atoms with Crippen molar-refractivity contribution in [2.75, 3.05) is 0 Å². The second-order valence-corrected chi connectivity index (χ2v) is 17.9. The normalized spacial score (nSPS) is 16.4. The first-order chi connectivity index (χ1) is 14.0. The monoisotopic (exact) mass is 633 g/mol. The summed E-state index contributed by atoms with van der Waals surface area (Å²) in [6, 6.07) is 12.2. The van der Waals surface area contributed by atoms with Gasteiger partial charge in [0.1, 0.15) is 0 Å². The van der Waals surface area contributed by atoms with Gasteiger partial charge in [0.15, 0.2) is 0 Å². The summed E-state index contributed by atoms with van der Waals surface area (Å²) in [5.41, 5.74) is 12.7. The summed E-state index contributed by atoms with van der Waals surface area (Å²) in [4.78, 5) is 0. The van der Waals surface area contributed by atoms with Crippen LogP contribution in [0.2, 0.25) is 0 Å². The molecule has 0 heterocycles. The van der Waals surface area contributed by atoms with Gasteiger partial charge in [-0.1, -0.05) is 0 Å². The second kappa shape index (κ2) is 9.85. The van der Waals surface area contributed by atoms with Crippen LogP contribution in [0.15, 0.2) is 48.6 Å². The van der Waals surface area contributed by atoms with Crippen LogP contribution in [0, 0.1) is 0 Å². The van der Waals surface area contributed by atoms with E-state index in [4.69, 9.17) is 0 Å². The molecule has 2 aliphatic rings. The molecule has 0 nitrogen and oxygen atoms in total. The molecule has 0 saturated carbocycles. The molecule has 0 saturated heterocycles. The Morgan fingerprint density at radius 1 is 0.875 bits per heavy atom. The Kier molecular flexibility index (Phi) is 8.46. The fourth-order valence-corrected chi connectivity index (χ4v) is 9.95. The van der Waals surface area contributed by atoms with Gasteiger partial charge in [0.25, 0.3) is 0 Å².